The van der Waals surface area contributed by atoms with Gasteiger partial charge in [0.1, 0.15) is 6.04 Å². The minimum absolute atomic E-state index is 0.122. The van der Waals surface area contributed by atoms with E-state index >= 15 is 0 Å². The van der Waals surface area contributed by atoms with Crippen LogP contribution in [0.15, 0.2) is 42.7 Å². The van der Waals surface area contributed by atoms with Crippen LogP contribution in [-0.4, -0.2) is 40.2 Å². The van der Waals surface area contributed by atoms with Crippen LogP contribution in [0, 0.1) is 0 Å². The van der Waals surface area contributed by atoms with Crippen LogP contribution in [0.25, 0.3) is 0 Å². The quantitative estimate of drug-likeness (QED) is 0.821. The summed E-state index contributed by atoms with van der Waals surface area (Å²) in [5.41, 5.74) is 7.71. The fourth-order valence-corrected chi connectivity index (χ4v) is 2.86. The molecule has 2 heterocycles. The van der Waals surface area contributed by atoms with Gasteiger partial charge in [0.05, 0.1) is 17.9 Å². The van der Waals surface area contributed by atoms with E-state index in [1.54, 1.807) is 29.0 Å². The first-order valence-electron chi connectivity index (χ1n) is 7.94. The highest BCUT2D eigenvalue weighted by atomic mass is 16.2. The summed E-state index contributed by atoms with van der Waals surface area (Å²) < 4.78 is 1.64. The average Bonchev–Trinajstić information content (AvgIpc) is 3.15. The summed E-state index contributed by atoms with van der Waals surface area (Å²) in [6, 6.07) is 8.39. The van der Waals surface area contributed by atoms with E-state index in [2.05, 4.69) is 10.4 Å². The number of rotatable bonds is 5. The van der Waals surface area contributed by atoms with Gasteiger partial charge in [-0.25, -0.2) is 0 Å². The molecule has 1 aromatic carbocycles. The highest BCUT2D eigenvalue weighted by Crippen LogP contribution is 2.20. The zero-order valence-electron chi connectivity index (χ0n) is 13.6. The van der Waals surface area contributed by atoms with Crippen LogP contribution in [0.2, 0.25) is 0 Å². The van der Waals surface area contributed by atoms with Gasteiger partial charge in [-0.05, 0) is 18.4 Å². The summed E-state index contributed by atoms with van der Waals surface area (Å²) in [6.45, 7) is 0.559. The van der Waals surface area contributed by atoms with Gasteiger partial charge >= 0.3 is 0 Å². The molecule has 1 fully saturated rings. The summed E-state index contributed by atoms with van der Waals surface area (Å²) in [4.78, 5) is 26.4. The third-order valence-electron chi connectivity index (χ3n) is 4.16. The number of carbonyl (C=O) groups excluding carboxylic acids is 2. The van der Waals surface area contributed by atoms with Crippen LogP contribution in [0.3, 0.4) is 0 Å². The number of hydrogen-bond donors (Lipinski definition) is 2. The van der Waals surface area contributed by atoms with Crippen LogP contribution in [0.1, 0.15) is 12.0 Å². The fraction of sp³-hybridized carbons (Fsp3) is 0.353. The van der Waals surface area contributed by atoms with Crippen LogP contribution >= 0.6 is 0 Å². The standard InChI is InChI=1S/C17H21N5O2/c1-21-11-13(10-19-21)22-8-7-15(17(22)24)20-16(23)14(18)9-12-5-3-2-4-6-12/h2-6,10-11,14-15H,7-9,18H2,1H3,(H,20,23)/t14-,15?/m0/s1. The van der Waals surface area contributed by atoms with Gasteiger partial charge in [-0.1, -0.05) is 30.3 Å². The second kappa shape index (κ2) is 6.84. The number of hydrogen-bond acceptors (Lipinski definition) is 4. The van der Waals surface area contributed by atoms with Gasteiger partial charge in [0, 0.05) is 19.8 Å². The van der Waals surface area contributed by atoms with Crippen molar-refractivity contribution in [2.24, 2.45) is 12.8 Å². The molecule has 3 rings (SSSR count). The maximum atomic E-state index is 12.5. The van der Waals surface area contributed by atoms with Crippen molar-refractivity contribution in [1.82, 2.24) is 15.1 Å². The smallest absolute Gasteiger partial charge is 0.249 e. The SMILES string of the molecule is Cn1cc(N2CCC(NC(=O)[C@@H](N)Cc3ccccc3)C2=O)cn1. The first-order chi connectivity index (χ1) is 11.5. The topological polar surface area (TPSA) is 93.2 Å². The molecule has 7 heteroatoms. The Morgan fingerprint density at radius 3 is 2.83 bits per heavy atom. The number of nitrogens with two attached hydrogens (primary N) is 1. The van der Waals surface area contributed by atoms with Gasteiger partial charge in [-0.3, -0.25) is 14.3 Å². The molecule has 1 unspecified atom stereocenters. The minimum atomic E-state index is -0.673. The predicted octanol–water partition coefficient (Wildman–Crippen LogP) is 0.212. The Hall–Kier alpha value is -2.67. The van der Waals surface area contributed by atoms with Crippen LogP contribution in [0.4, 0.5) is 5.69 Å². The van der Waals surface area contributed by atoms with Gasteiger partial charge in [-0.15, -0.1) is 0 Å². The van der Waals surface area contributed by atoms with Crippen molar-refractivity contribution in [3.8, 4) is 0 Å². The molecular weight excluding hydrogens is 306 g/mol. The van der Waals surface area contributed by atoms with E-state index in [4.69, 9.17) is 5.73 Å². The molecule has 2 amide bonds. The van der Waals surface area contributed by atoms with E-state index in [9.17, 15) is 9.59 Å². The van der Waals surface area contributed by atoms with Crippen molar-refractivity contribution in [2.75, 3.05) is 11.4 Å². The summed E-state index contributed by atoms with van der Waals surface area (Å²) in [5, 5.41) is 6.84. The molecule has 3 N–H and O–H groups in total. The summed E-state index contributed by atoms with van der Waals surface area (Å²) in [7, 11) is 1.80. The van der Waals surface area contributed by atoms with E-state index < -0.39 is 12.1 Å². The molecule has 2 aromatic rings. The highest BCUT2D eigenvalue weighted by Gasteiger charge is 2.34. The second-order valence-corrected chi connectivity index (χ2v) is 6.01. The van der Waals surface area contributed by atoms with E-state index in [-0.39, 0.29) is 11.8 Å². The van der Waals surface area contributed by atoms with Crippen molar-refractivity contribution in [2.45, 2.75) is 24.9 Å². The summed E-state index contributed by atoms with van der Waals surface area (Å²) >= 11 is 0. The van der Waals surface area contributed by atoms with Crippen LogP contribution < -0.4 is 16.0 Å². The predicted molar refractivity (Wildman–Crippen MR) is 90.2 cm³/mol. The Balaban J connectivity index is 1.58. The first kappa shape index (κ1) is 16.2. The number of aryl methyl sites for hydroxylation is 1. The Labute approximate surface area is 140 Å². The Bertz CT molecular complexity index is 728. The van der Waals surface area contributed by atoms with Gasteiger partial charge in [0.15, 0.2) is 0 Å². The van der Waals surface area contributed by atoms with Gasteiger partial charge in [0.25, 0.3) is 0 Å². The van der Waals surface area contributed by atoms with Crippen molar-refractivity contribution in [3.63, 3.8) is 0 Å². The lowest BCUT2D eigenvalue weighted by molar-refractivity contribution is -0.127. The number of amides is 2. The molecule has 126 valence electrons. The molecule has 1 aliphatic heterocycles. The molecule has 0 bridgehead atoms. The average molecular weight is 327 g/mol. The minimum Gasteiger partial charge on any atom is -0.343 e. The molecular formula is C17H21N5O2. The maximum Gasteiger partial charge on any atom is 0.249 e. The number of anilines is 1. The van der Waals surface area contributed by atoms with Crippen molar-refractivity contribution in [3.05, 3.63) is 48.3 Å². The number of nitrogens with one attached hydrogen (secondary N) is 1. The van der Waals surface area contributed by atoms with Crippen LogP contribution in [-0.2, 0) is 23.1 Å². The number of aromatic nitrogens is 2. The summed E-state index contributed by atoms with van der Waals surface area (Å²) in [6.07, 6.45) is 4.43. The highest BCUT2D eigenvalue weighted by molar-refractivity contribution is 6.01. The maximum absolute atomic E-state index is 12.5. The third-order valence-corrected chi connectivity index (χ3v) is 4.16. The number of benzene rings is 1. The lowest BCUT2D eigenvalue weighted by Gasteiger charge is -2.17. The largest absolute Gasteiger partial charge is 0.343 e. The molecule has 0 spiro atoms. The molecule has 2 atom stereocenters. The van der Waals surface area contributed by atoms with Crippen molar-refractivity contribution in [1.29, 1.82) is 0 Å². The molecule has 0 aliphatic carbocycles. The zero-order chi connectivity index (χ0) is 17.1. The van der Waals surface area contributed by atoms with E-state index in [0.29, 0.717) is 19.4 Å². The van der Waals surface area contributed by atoms with E-state index in [1.165, 1.54) is 0 Å². The third kappa shape index (κ3) is 3.46. The van der Waals surface area contributed by atoms with E-state index in [0.717, 1.165) is 11.3 Å². The molecule has 7 nitrogen and oxygen atoms in total. The van der Waals surface area contributed by atoms with Gasteiger partial charge in [0.2, 0.25) is 11.8 Å². The summed E-state index contributed by atoms with van der Waals surface area (Å²) in [5.74, 6) is -0.423. The van der Waals surface area contributed by atoms with Gasteiger partial charge in [-0.2, -0.15) is 5.10 Å². The monoisotopic (exact) mass is 327 g/mol. The normalized spacial score (nSPS) is 18.7. The molecule has 1 aromatic heterocycles. The molecule has 24 heavy (non-hydrogen) atoms. The fourth-order valence-electron chi connectivity index (χ4n) is 2.86. The second-order valence-electron chi connectivity index (χ2n) is 6.01. The lowest BCUT2D eigenvalue weighted by atomic mass is 10.1. The number of nitrogens with zero attached hydrogens (tertiary/aromatic N) is 3. The molecule has 0 saturated carbocycles. The lowest BCUT2D eigenvalue weighted by Crippen LogP contribution is -2.49. The molecule has 0 radical (unpaired) electrons. The molecule has 1 aliphatic rings. The van der Waals surface area contributed by atoms with Gasteiger partial charge < -0.3 is 16.0 Å². The first-order valence-corrected chi connectivity index (χ1v) is 7.94. The Morgan fingerprint density at radius 2 is 2.17 bits per heavy atom. The van der Waals surface area contributed by atoms with Crippen molar-refractivity contribution >= 4 is 17.5 Å². The Morgan fingerprint density at radius 1 is 1.42 bits per heavy atom. The van der Waals surface area contributed by atoms with Crippen LogP contribution in [0.5, 0.6) is 0 Å². The zero-order valence-corrected chi connectivity index (χ0v) is 13.6. The Kier molecular flexibility index (Phi) is 4.61. The van der Waals surface area contributed by atoms with Crippen molar-refractivity contribution < 1.29 is 9.59 Å². The van der Waals surface area contributed by atoms with E-state index in [1.807, 2.05) is 30.3 Å². The number of carbonyl (C=O) groups is 2. The molecule has 1 saturated heterocycles.